The van der Waals surface area contributed by atoms with E-state index in [1.165, 1.54) is 19.3 Å². The number of ether oxygens (including phenoxy) is 1. The molecule has 0 bridgehead atoms. The summed E-state index contributed by atoms with van der Waals surface area (Å²) < 4.78 is 6.29. The molecule has 1 aliphatic heterocycles. The SMILES string of the molecule is CC(C)[C@@H]1CCC[C@@]12OC[C@H](C)N2C(C)C. The quantitative estimate of drug-likeness (QED) is 0.715. The molecule has 1 saturated heterocycles. The lowest BCUT2D eigenvalue weighted by molar-refractivity contribution is -0.134. The molecular formula is C14H27NO. The summed E-state index contributed by atoms with van der Waals surface area (Å²) in [5.74, 6) is 1.45. The van der Waals surface area contributed by atoms with Crippen LogP contribution in [0.25, 0.3) is 0 Å². The Kier molecular flexibility index (Phi) is 3.33. The molecule has 0 radical (unpaired) electrons. The minimum Gasteiger partial charge on any atom is -0.358 e. The van der Waals surface area contributed by atoms with Gasteiger partial charge in [0, 0.05) is 18.0 Å². The molecular weight excluding hydrogens is 198 g/mol. The predicted molar refractivity (Wildman–Crippen MR) is 67.3 cm³/mol. The largest absolute Gasteiger partial charge is 0.358 e. The van der Waals surface area contributed by atoms with E-state index in [0.29, 0.717) is 12.1 Å². The zero-order valence-electron chi connectivity index (χ0n) is 11.5. The van der Waals surface area contributed by atoms with E-state index in [1.54, 1.807) is 0 Å². The average molecular weight is 225 g/mol. The Morgan fingerprint density at radius 3 is 2.50 bits per heavy atom. The minimum absolute atomic E-state index is 0.0712. The summed E-state index contributed by atoms with van der Waals surface area (Å²) in [5, 5.41) is 0. The van der Waals surface area contributed by atoms with Crippen LogP contribution in [0.4, 0.5) is 0 Å². The smallest absolute Gasteiger partial charge is 0.125 e. The standard InChI is InChI=1S/C14H27NO/c1-10(2)13-7-6-8-14(13)15(11(3)4)12(5)9-16-14/h10-13H,6-9H2,1-5H3/t12-,13-,14+/m0/s1. The lowest BCUT2D eigenvalue weighted by atomic mass is 9.86. The van der Waals surface area contributed by atoms with Gasteiger partial charge in [0.1, 0.15) is 5.72 Å². The molecule has 2 aliphatic rings. The molecule has 94 valence electrons. The molecule has 0 amide bonds. The number of hydrogen-bond donors (Lipinski definition) is 0. The first kappa shape index (κ1) is 12.4. The van der Waals surface area contributed by atoms with Crippen molar-refractivity contribution < 1.29 is 4.74 Å². The Morgan fingerprint density at radius 2 is 1.94 bits per heavy atom. The molecule has 16 heavy (non-hydrogen) atoms. The molecule has 1 saturated carbocycles. The van der Waals surface area contributed by atoms with E-state index in [0.717, 1.165) is 18.4 Å². The number of nitrogens with zero attached hydrogens (tertiary/aromatic N) is 1. The van der Waals surface area contributed by atoms with Crippen LogP contribution >= 0.6 is 0 Å². The van der Waals surface area contributed by atoms with Gasteiger partial charge in [0.05, 0.1) is 6.61 Å². The van der Waals surface area contributed by atoms with Crippen molar-refractivity contribution in [3.05, 3.63) is 0 Å². The lowest BCUT2D eigenvalue weighted by Crippen LogP contribution is -2.54. The molecule has 0 aromatic heterocycles. The third kappa shape index (κ3) is 1.70. The molecule has 0 aromatic rings. The average Bonchev–Trinajstić information content (AvgIpc) is 2.72. The van der Waals surface area contributed by atoms with Crippen molar-refractivity contribution >= 4 is 0 Å². The molecule has 0 aromatic carbocycles. The molecule has 0 unspecified atom stereocenters. The fraction of sp³-hybridized carbons (Fsp3) is 1.00. The van der Waals surface area contributed by atoms with E-state index in [4.69, 9.17) is 4.74 Å². The van der Waals surface area contributed by atoms with Crippen LogP contribution in [-0.2, 0) is 4.74 Å². The van der Waals surface area contributed by atoms with Crippen LogP contribution in [0.15, 0.2) is 0 Å². The zero-order valence-corrected chi connectivity index (χ0v) is 11.5. The van der Waals surface area contributed by atoms with Crippen LogP contribution in [0, 0.1) is 11.8 Å². The summed E-state index contributed by atoms with van der Waals surface area (Å²) in [5.41, 5.74) is 0.0712. The van der Waals surface area contributed by atoms with Gasteiger partial charge in [-0.2, -0.15) is 0 Å². The molecule has 1 spiro atoms. The van der Waals surface area contributed by atoms with Gasteiger partial charge in [0.25, 0.3) is 0 Å². The van der Waals surface area contributed by atoms with Gasteiger partial charge in [-0.05, 0) is 46.0 Å². The molecule has 1 heterocycles. The zero-order chi connectivity index (χ0) is 11.9. The van der Waals surface area contributed by atoms with E-state index in [2.05, 4.69) is 39.5 Å². The maximum Gasteiger partial charge on any atom is 0.125 e. The number of rotatable bonds is 2. The maximum atomic E-state index is 6.29. The Labute approximate surface area is 100 Å². The summed E-state index contributed by atoms with van der Waals surface area (Å²) in [6, 6.07) is 1.18. The fourth-order valence-corrected chi connectivity index (χ4v) is 4.08. The Hall–Kier alpha value is -0.0800. The van der Waals surface area contributed by atoms with Crippen LogP contribution in [0.5, 0.6) is 0 Å². The molecule has 2 heteroatoms. The van der Waals surface area contributed by atoms with Gasteiger partial charge in [-0.15, -0.1) is 0 Å². The van der Waals surface area contributed by atoms with Crippen LogP contribution in [0.3, 0.4) is 0 Å². The first-order valence-electron chi connectivity index (χ1n) is 6.91. The van der Waals surface area contributed by atoms with Gasteiger partial charge >= 0.3 is 0 Å². The van der Waals surface area contributed by atoms with Crippen molar-refractivity contribution in [2.24, 2.45) is 11.8 Å². The normalized spacial score (nSPS) is 40.7. The Balaban J connectivity index is 2.28. The topological polar surface area (TPSA) is 12.5 Å². The van der Waals surface area contributed by atoms with Crippen molar-refractivity contribution in [1.29, 1.82) is 0 Å². The highest BCUT2D eigenvalue weighted by atomic mass is 16.5. The maximum absolute atomic E-state index is 6.29. The monoisotopic (exact) mass is 225 g/mol. The highest BCUT2D eigenvalue weighted by Gasteiger charge is 2.55. The summed E-state index contributed by atoms with van der Waals surface area (Å²) in [6.07, 6.45) is 3.91. The lowest BCUT2D eigenvalue weighted by Gasteiger charge is -2.44. The van der Waals surface area contributed by atoms with E-state index in [1.807, 2.05) is 0 Å². The van der Waals surface area contributed by atoms with E-state index in [-0.39, 0.29) is 5.72 Å². The van der Waals surface area contributed by atoms with Gasteiger partial charge in [-0.25, -0.2) is 0 Å². The number of hydrogen-bond acceptors (Lipinski definition) is 2. The van der Waals surface area contributed by atoms with Crippen molar-refractivity contribution in [2.45, 2.75) is 71.7 Å². The predicted octanol–water partition coefficient (Wildman–Crippen LogP) is 3.27. The molecule has 2 nitrogen and oxygen atoms in total. The minimum atomic E-state index is 0.0712. The summed E-state index contributed by atoms with van der Waals surface area (Å²) in [4.78, 5) is 2.64. The Morgan fingerprint density at radius 1 is 1.25 bits per heavy atom. The molecule has 0 N–H and O–H groups in total. The third-order valence-corrected chi connectivity index (χ3v) is 4.48. The second-order valence-corrected chi connectivity index (χ2v) is 6.25. The molecule has 1 aliphatic carbocycles. The second-order valence-electron chi connectivity index (χ2n) is 6.25. The third-order valence-electron chi connectivity index (χ3n) is 4.48. The van der Waals surface area contributed by atoms with Crippen molar-refractivity contribution in [3.63, 3.8) is 0 Å². The first-order chi connectivity index (χ1) is 7.49. The summed E-state index contributed by atoms with van der Waals surface area (Å²) in [7, 11) is 0. The van der Waals surface area contributed by atoms with Crippen molar-refractivity contribution in [1.82, 2.24) is 4.90 Å². The van der Waals surface area contributed by atoms with E-state index in [9.17, 15) is 0 Å². The van der Waals surface area contributed by atoms with Crippen LogP contribution in [0.2, 0.25) is 0 Å². The Bertz CT molecular complexity index is 251. The second kappa shape index (κ2) is 4.30. The molecule has 2 rings (SSSR count). The van der Waals surface area contributed by atoms with Gasteiger partial charge in [-0.3, -0.25) is 4.90 Å². The van der Waals surface area contributed by atoms with Gasteiger partial charge in [0.2, 0.25) is 0 Å². The summed E-state index contributed by atoms with van der Waals surface area (Å²) >= 11 is 0. The highest BCUT2D eigenvalue weighted by molar-refractivity contribution is 5.01. The van der Waals surface area contributed by atoms with Crippen LogP contribution < -0.4 is 0 Å². The first-order valence-corrected chi connectivity index (χ1v) is 6.91. The van der Waals surface area contributed by atoms with E-state index < -0.39 is 0 Å². The fourth-order valence-electron chi connectivity index (χ4n) is 4.08. The van der Waals surface area contributed by atoms with E-state index >= 15 is 0 Å². The molecule has 2 fully saturated rings. The van der Waals surface area contributed by atoms with Crippen LogP contribution in [-0.4, -0.2) is 29.3 Å². The summed E-state index contributed by atoms with van der Waals surface area (Å²) in [6.45, 7) is 12.5. The van der Waals surface area contributed by atoms with Gasteiger partial charge in [0.15, 0.2) is 0 Å². The van der Waals surface area contributed by atoms with Crippen molar-refractivity contribution in [2.75, 3.05) is 6.61 Å². The van der Waals surface area contributed by atoms with Gasteiger partial charge in [-0.1, -0.05) is 13.8 Å². The highest BCUT2D eigenvalue weighted by Crippen LogP contribution is 2.49. The molecule has 3 atom stereocenters. The van der Waals surface area contributed by atoms with Crippen LogP contribution in [0.1, 0.15) is 53.9 Å². The van der Waals surface area contributed by atoms with Crippen molar-refractivity contribution in [3.8, 4) is 0 Å². The van der Waals surface area contributed by atoms with Gasteiger partial charge < -0.3 is 4.74 Å².